The number of nitrogens with one attached hydrogen (secondary N) is 1. The zero-order valence-corrected chi connectivity index (χ0v) is 12.2. The lowest BCUT2D eigenvalue weighted by atomic mass is 9.86. The second kappa shape index (κ2) is 6.86. The first-order valence-corrected chi connectivity index (χ1v) is 6.85. The number of hydrogen-bond acceptors (Lipinski definition) is 4. The van der Waals surface area contributed by atoms with E-state index in [0.29, 0.717) is 12.5 Å². The van der Waals surface area contributed by atoms with Crippen molar-refractivity contribution in [1.29, 1.82) is 0 Å². The zero-order chi connectivity index (χ0) is 13.6. The van der Waals surface area contributed by atoms with Crippen LogP contribution in [0, 0.1) is 5.92 Å². The van der Waals surface area contributed by atoms with Gasteiger partial charge in [-0.1, -0.05) is 6.42 Å². The molecule has 0 aromatic heterocycles. The lowest BCUT2D eigenvalue weighted by Crippen LogP contribution is -2.36. The van der Waals surface area contributed by atoms with Crippen molar-refractivity contribution in [3.63, 3.8) is 0 Å². The quantitative estimate of drug-likeness (QED) is 0.633. The predicted molar refractivity (Wildman–Crippen MR) is 75.0 cm³/mol. The second-order valence-corrected chi connectivity index (χ2v) is 5.97. The first kappa shape index (κ1) is 15.1. The van der Waals surface area contributed by atoms with Crippen molar-refractivity contribution in [2.45, 2.75) is 58.1 Å². The Morgan fingerprint density at radius 1 is 1.50 bits per heavy atom. The van der Waals surface area contributed by atoms with Gasteiger partial charge in [-0.05, 0) is 58.2 Å². The highest BCUT2D eigenvalue weighted by Gasteiger charge is 2.23. The van der Waals surface area contributed by atoms with Crippen molar-refractivity contribution in [3.8, 4) is 0 Å². The minimum absolute atomic E-state index is 0.279. The molecule has 0 radical (unpaired) electrons. The second-order valence-electron chi connectivity index (χ2n) is 5.79. The van der Waals surface area contributed by atoms with E-state index in [-0.39, 0.29) is 12.1 Å². The number of rotatable bonds is 3. The normalized spacial score (nSPS) is 23.9. The summed E-state index contributed by atoms with van der Waals surface area (Å²) in [5.41, 5.74) is -0.444. The van der Waals surface area contributed by atoms with Crippen LogP contribution in [0.1, 0.15) is 46.5 Å². The molecule has 2 unspecified atom stereocenters. The van der Waals surface area contributed by atoms with Crippen LogP contribution in [0.2, 0.25) is 0 Å². The summed E-state index contributed by atoms with van der Waals surface area (Å²) >= 11 is 4.63. The predicted octanol–water partition coefficient (Wildman–Crippen LogP) is 3.17. The average Bonchev–Trinajstić information content (AvgIpc) is 2.25. The van der Waals surface area contributed by atoms with Crippen LogP contribution in [0.5, 0.6) is 0 Å². The Kier molecular flexibility index (Phi) is 5.76. The molecule has 0 aromatic rings. The number of hydrogen-bond donors (Lipinski definition) is 1. The minimum atomic E-state index is -0.444. The highest BCUT2D eigenvalue weighted by Crippen LogP contribution is 2.25. The maximum atomic E-state index is 11.5. The van der Waals surface area contributed by atoms with Gasteiger partial charge in [0.15, 0.2) is 0 Å². The third kappa shape index (κ3) is 6.12. The van der Waals surface area contributed by atoms with E-state index in [1.54, 1.807) is 0 Å². The Balaban J connectivity index is 2.30. The molecule has 1 rings (SSSR count). The Morgan fingerprint density at radius 3 is 2.83 bits per heavy atom. The van der Waals surface area contributed by atoms with Gasteiger partial charge in [0.2, 0.25) is 0 Å². The molecule has 5 heteroatoms. The van der Waals surface area contributed by atoms with Gasteiger partial charge >= 0.3 is 6.09 Å². The Hall–Kier alpha value is -0.930. The number of aliphatic imine (C=N–C) groups is 1. The molecule has 18 heavy (non-hydrogen) atoms. The molecular formula is C13H22N2O2S. The molecule has 0 saturated heterocycles. The standard InChI is InChI=1S/C13H22N2O2S/c1-13(2,3)17-12(16)14-8-10-5-4-6-11(7-10)15-9-18/h10-11H,4-8H2,1-3H3,(H,14,16). The van der Waals surface area contributed by atoms with Crippen molar-refractivity contribution < 1.29 is 9.53 Å². The largest absolute Gasteiger partial charge is 0.444 e. The van der Waals surface area contributed by atoms with E-state index in [0.717, 1.165) is 25.7 Å². The van der Waals surface area contributed by atoms with E-state index in [1.807, 2.05) is 20.8 Å². The maximum Gasteiger partial charge on any atom is 0.407 e. The van der Waals surface area contributed by atoms with Gasteiger partial charge in [0.25, 0.3) is 0 Å². The fourth-order valence-electron chi connectivity index (χ4n) is 2.18. The average molecular weight is 270 g/mol. The summed E-state index contributed by atoms with van der Waals surface area (Å²) in [6, 6.07) is 0.279. The van der Waals surface area contributed by atoms with Gasteiger partial charge in [-0.2, -0.15) is 0 Å². The summed E-state index contributed by atoms with van der Waals surface area (Å²) in [5.74, 6) is 0.461. The number of carbonyl (C=O) groups excluding carboxylic acids is 1. The molecule has 4 nitrogen and oxygen atoms in total. The van der Waals surface area contributed by atoms with Gasteiger partial charge in [-0.15, -0.1) is 0 Å². The van der Waals surface area contributed by atoms with E-state index in [1.165, 1.54) is 0 Å². The zero-order valence-electron chi connectivity index (χ0n) is 11.4. The van der Waals surface area contributed by atoms with Gasteiger partial charge < -0.3 is 10.1 Å². The van der Waals surface area contributed by atoms with Crippen LogP contribution in [0.25, 0.3) is 0 Å². The molecule has 1 amide bonds. The third-order valence-electron chi connectivity index (χ3n) is 2.92. The number of alkyl carbamates (subject to hydrolysis) is 1. The summed E-state index contributed by atoms with van der Waals surface area (Å²) in [4.78, 5) is 15.7. The Bertz CT molecular complexity index is 332. The highest BCUT2D eigenvalue weighted by atomic mass is 32.1. The molecule has 0 aromatic carbocycles. The number of carbonyl (C=O) groups is 1. The van der Waals surface area contributed by atoms with Gasteiger partial charge in [0, 0.05) is 6.54 Å². The van der Waals surface area contributed by atoms with E-state index >= 15 is 0 Å². The van der Waals surface area contributed by atoms with Crippen molar-refractivity contribution in [2.24, 2.45) is 10.9 Å². The molecule has 0 heterocycles. The van der Waals surface area contributed by atoms with Gasteiger partial charge in [-0.3, -0.25) is 0 Å². The summed E-state index contributed by atoms with van der Waals surface area (Å²) in [7, 11) is 0. The molecular weight excluding hydrogens is 248 g/mol. The Labute approximate surface area is 114 Å². The first-order chi connectivity index (χ1) is 8.40. The highest BCUT2D eigenvalue weighted by molar-refractivity contribution is 7.78. The number of nitrogens with zero attached hydrogens (tertiary/aromatic N) is 1. The van der Waals surface area contributed by atoms with E-state index in [2.05, 4.69) is 27.7 Å². The van der Waals surface area contributed by atoms with Gasteiger partial charge in [0.05, 0.1) is 11.2 Å². The van der Waals surface area contributed by atoms with Crippen molar-refractivity contribution in [2.75, 3.05) is 6.54 Å². The van der Waals surface area contributed by atoms with Crippen LogP contribution in [0.3, 0.4) is 0 Å². The SMILES string of the molecule is CC(C)(C)OC(=O)NCC1CCCC(N=C=S)C1. The maximum absolute atomic E-state index is 11.5. The number of thiocarbonyl (C=S) groups is 1. The van der Waals surface area contributed by atoms with Crippen molar-refractivity contribution in [1.82, 2.24) is 5.32 Å². The summed E-state index contributed by atoms with van der Waals surface area (Å²) in [5, 5.41) is 5.27. The molecule has 1 saturated carbocycles. The van der Waals surface area contributed by atoms with Crippen LogP contribution < -0.4 is 5.32 Å². The molecule has 2 atom stereocenters. The smallest absolute Gasteiger partial charge is 0.407 e. The van der Waals surface area contributed by atoms with E-state index < -0.39 is 5.60 Å². The summed E-state index contributed by atoms with van der Waals surface area (Å²) < 4.78 is 5.20. The summed E-state index contributed by atoms with van der Waals surface area (Å²) in [6.45, 7) is 6.23. The fourth-order valence-corrected chi connectivity index (χ4v) is 2.33. The van der Waals surface area contributed by atoms with Crippen LogP contribution in [0.4, 0.5) is 4.79 Å². The van der Waals surface area contributed by atoms with Crippen LogP contribution >= 0.6 is 12.2 Å². The number of isothiocyanates is 1. The molecule has 0 bridgehead atoms. The fraction of sp³-hybridized carbons (Fsp3) is 0.846. The third-order valence-corrected chi connectivity index (χ3v) is 3.03. The number of ether oxygens (including phenoxy) is 1. The van der Waals surface area contributed by atoms with E-state index in [4.69, 9.17) is 4.74 Å². The first-order valence-electron chi connectivity index (χ1n) is 6.44. The monoisotopic (exact) mass is 270 g/mol. The topological polar surface area (TPSA) is 50.7 Å². The minimum Gasteiger partial charge on any atom is -0.444 e. The molecule has 1 N–H and O–H groups in total. The summed E-state index contributed by atoms with van der Waals surface area (Å²) in [6.07, 6.45) is 3.96. The van der Waals surface area contributed by atoms with Crippen molar-refractivity contribution >= 4 is 23.5 Å². The lowest BCUT2D eigenvalue weighted by Gasteiger charge is -2.27. The molecule has 0 spiro atoms. The molecule has 102 valence electrons. The molecule has 1 aliphatic carbocycles. The van der Waals surface area contributed by atoms with Crippen molar-refractivity contribution in [3.05, 3.63) is 0 Å². The van der Waals surface area contributed by atoms with Gasteiger partial charge in [0.1, 0.15) is 5.60 Å². The van der Waals surface area contributed by atoms with E-state index in [9.17, 15) is 4.79 Å². The molecule has 1 fully saturated rings. The molecule has 1 aliphatic rings. The van der Waals surface area contributed by atoms with Crippen LogP contribution in [-0.4, -0.2) is 29.4 Å². The van der Waals surface area contributed by atoms with Crippen LogP contribution in [0.15, 0.2) is 4.99 Å². The van der Waals surface area contributed by atoms with Crippen LogP contribution in [-0.2, 0) is 4.74 Å². The van der Waals surface area contributed by atoms with Gasteiger partial charge in [-0.25, -0.2) is 9.79 Å². The lowest BCUT2D eigenvalue weighted by molar-refractivity contribution is 0.0514. The number of amides is 1. The molecule has 0 aliphatic heterocycles. The Morgan fingerprint density at radius 2 is 2.22 bits per heavy atom.